The van der Waals surface area contributed by atoms with Crippen molar-refractivity contribution in [1.29, 1.82) is 0 Å². The summed E-state index contributed by atoms with van der Waals surface area (Å²) in [5, 5.41) is 20.5. The number of carbonyl (C=O) groups excluding carboxylic acids is 1. The number of nitrogens with zero attached hydrogens (tertiary/aromatic N) is 1. The fraction of sp³-hybridized carbons (Fsp3) is 0.857. The SMILES string of the molecule is O=C(O)[C@@H](CCO)NC(=O)N1CCCC2CCCCC21. The lowest BCUT2D eigenvalue weighted by Gasteiger charge is -2.44. The van der Waals surface area contributed by atoms with Crippen LogP contribution in [-0.4, -0.2) is 52.3 Å². The fourth-order valence-corrected chi connectivity index (χ4v) is 3.50. The van der Waals surface area contributed by atoms with Crippen molar-refractivity contribution in [2.75, 3.05) is 13.2 Å². The van der Waals surface area contributed by atoms with Crippen molar-refractivity contribution >= 4 is 12.0 Å². The van der Waals surface area contributed by atoms with Crippen molar-refractivity contribution in [3.8, 4) is 0 Å². The van der Waals surface area contributed by atoms with Crippen LogP contribution in [0.4, 0.5) is 4.79 Å². The number of piperidine rings is 1. The standard InChI is InChI=1S/C14H24N2O4/c17-9-7-11(13(18)19)15-14(20)16-8-3-5-10-4-1-2-6-12(10)16/h10-12,17H,1-9H2,(H,15,20)(H,18,19)/t10?,11-,12?/m1/s1. The molecule has 6 heteroatoms. The molecule has 0 aromatic rings. The predicted molar refractivity (Wildman–Crippen MR) is 73.3 cm³/mol. The van der Waals surface area contributed by atoms with Gasteiger partial charge in [-0.2, -0.15) is 0 Å². The van der Waals surface area contributed by atoms with Crippen LogP contribution in [0.25, 0.3) is 0 Å². The Labute approximate surface area is 119 Å². The van der Waals surface area contributed by atoms with Gasteiger partial charge >= 0.3 is 12.0 Å². The van der Waals surface area contributed by atoms with Crippen LogP contribution in [0.2, 0.25) is 0 Å². The first-order valence-electron chi connectivity index (χ1n) is 7.54. The molecule has 114 valence electrons. The van der Waals surface area contributed by atoms with E-state index >= 15 is 0 Å². The molecule has 2 unspecified atom stereocenters. The molecule has 2 fully saturated rings. The van der Waals surface area contributed by atoms with E-state index in [1.54, 1.807) is 0 Å². The zero-order chi connectivity index (χ0) is 14.5. The molecule has 1 saturated heterocycles. The number of urea groups is 1. The number of amides is 2. The van der Waals surface area contributed by atoms with Crippen LogP contribution in [-0.2, 0) is 4.79 Å². The summed E-state index contributed by atoms with van der Waals surface area (Å²) in [5.41, 5.74) is 0. The lowest BCUT2D eigenvalue weighted by atomic mass is 9.78. The van der Waals surface area contributed by atoms with Crippen LogP contribution in [0.5, 0.6) is 0 Å². The molecule has 0 spiro atoms. The number of carboxylic acid groups (broad SMARTS) is 1. The minimum absolute atomic E-state index is 0.0447. The Hall–Kier alpha value is -1.30. The number of aliphatic hydroxyl groups is 1. The molecule has 20 heavy (non-hydrogen) atoms. The van der Waals surface area contributed by atoms with Gasteiger partial charge in [0, 0.05) is 25.6 Å². The second-order valence-electron chi connectivity index (χ2n) is 5.80. The van der Waals surface area contributed by atoms with Crippen molar-refractivity contribution < 1.29 is 19.8 Å². The number of fused-ring (bicyclic) bond motifs is 1. The molecule has 0 bridgehead atoms. The molecule has 0 aromatic heterocycles. The minimum atomic E-state index is -1.09. The second-order valence-corrected chi connectivity index (χ2v) is 5.80. The number of nitrogens with one attached hydrogen (secondary N) is 1. The number of rotatable bonds is 4. The van der Waals surface area contributed by atoms with Gasteiger partial charge in [0.15, 0.2) is 0 Å². The van der Waals surface area contributed by atoms with E-state index in [0.717, 1.165) is 19.3 Å². The molecule has 1 saturated carbocycles. The third kappa shape index (κ3) is 3.42. The van der Waals surface area contributed by atoms with E-state index in [-0.39, 0.29) is 25.1 Å². The lowest BCUT2D eigenvalue weighted by Crippen LogP contribution is -2.56. The molecule has 1 heterocycles. The van der Waals surface area contributed by atoms with Crippen molar-refractivity contribution in [2.24, 2.45) is 5.92 Å². The molecule has 2 aliphatic rings. The molecule has 3 N–H and O–H groups in total. The molecule has 0 aromatic carbocycles. The predicted octanol–water partition coefficient (Wildman–Crippen LogP) is 1.19. The normalized spacial score (nSPS) is 27.6. The molecule has 2 rings (SSSR count). The largest absolute Gasteiger partial charge is 0.480 e. The van der Waals surface area contributed by atoms with Gasteiger partial charge in [0.25, 0.3) is 0 Å². The monoisotopic (exact) mass is 284 g/mol. The van der Waals surface area contributed by atoms with Crippen LogP contribution in [0.1, 0.15) is 44.9 Å². The van der Waals surface area contributed by atoms with Crippen molar-refractivity contribution in [3.05, 3.63) is 0 Å². The van der Waals surface area contributed by atoms with Crippen molar-refractivity contribution in [2.45, 2.75) is 57.0 Å². The summed E-state index contributed by atoms with van der Waals surface area (Å²) in [7, 11) is 0. The second kappa shape index (κ2) is 6.92. The first kappa shape index (κ1) is 15.1. The minimum Gasteiger partial charge on any atom is -0.480 e. The molecule has 2 amide bonds. The summed E-state index contributed by atoms with van der Waals surface area (Å²) in [4.78, 5) is 25.2. The molecular formula is C14H24N2O4. The number of carboxylic acids is 1. The van der Waals surface area contributed by atoms with E-state index in [0.29, 0.717) is 12.5 Å². The Balaban J connectivity index is 1.97. The summed E-state index contributed by atoms with van der Waals surface area (Å²) in [5.74, 6) is -0.519. The topological polar surface area (TPSA) is 89.9 Å². The van der Waals surface area contributed by atoms with Gasteiger partial charge in [-0.1, -0.05) is 12.8 Å². The third-order valence-electron chi connectivity index (χ3n) is 4.52. The molecule has 0 radical (unpaired) electrons. The third-order valence-corrected chi connectivity index (χ3v) is 4.52. The summed E-state index contributed by atoms with van der Waals surface area (Å²) < 4.78 is 0. The quantitative estimate of drug-likeness (QED) is 0.723. The highest BCUT2D eigenvalue weighted by Gasteiger charge is 2.36. The number of carbonyl (C=O) groups is 2. The number of aliphatic carboxylic acids is 1. The lowest BCUT2D eigenvalue weighted by molar-refractivity contribution is -0.139. The van der Waals surface area contributed by atoms with Gasteiger partial charge in [-0.15, -0.1) is 0 Å². The smallest absolute Gasteiger partial charge is 0.326 e. The summed E-state index contributed by atoms with van der Waals surface area (Å²) in [6, 6.07) is -1.03. The highest BCUT2D eigenvalue weighted by atomic mass is 16.4. The van der Waals surface area contributed by atoms with Crippen molar-refractivity contribution in [3.63, 3.8) is 0 Å². The zero-order valence-electron chi connectivity index (χ0n) is 11.8. The number of aliphatic hydroxyl groups excluding tert-OH is 1. The Kier molecular flexibility index (Phi) is 5.23. The zero-order valence-corrected chi connectivity index (χ0v) is 11.8. The maximum absolute atomic E-state index is 12.3. The Morgan fingerprint density at radius 3 is 2.60 bits per heavy atom. The van der Waals surface area contributed by atoms with Gasteiger partial charge in [-0.05, 0) is 31.6 Å². The van der Waals surface area contributed by atoms with Crippen molar-refractivity contribution in [1.82, 2.24) is 10.2 Å². The van der Waals surface area contributed by atoms with Gasteiger partial charge < -0.3 is 20.4 Å². The van der Waals surface area contributed by atoms with Crippen LogP contribution in [0.3, 0.4) is 0 Å². The highest BCUT2D eigenvalue weighted by Crippen LogP contribution is 2.35. The van der Waals surface area contributed by atoms with E-state index < -0.39 is 12.0 Å². The molecule has 6 nitrogen and oxygen atoms in total. The van der Waals surface area contributed by atoms with Crippen LogP contribution in [0.15, 0.2) is 0 Å². The highest BCUT2D eigenvalue weighted by molar-refractivity contribution is 5.82. The summed E-state index contributed by atoms with van der Waals surface area (Å²) in [6.07, 6.45) is 6.79. The Bertz CT molecular complexity index is 359. The van der Waals surface area contributed by atoms with E-state index in [1.165, 1.54) is 19.3 Å². The number of hydrogen-bond acceptors (Lipinski definition) is 3. The maximum atomic E-state index is 12.3. The molecule has 1 aliphatic carbocycles. The average Bonchev–Trinajstić information content (AvgIpc) is 2.46. The summed E-state index contributed by atoms with van der Waals surface area (Å²) in [6.45, 7) is 0.460. The van der Waals surface area contributed by atoms with Crippen LogP contribution >= 0.6 is 0 Å². The van der Waals surface area contributed by atoms with Gasteiger partial charge in [-0.3, -0.25) is 0 Å². The number of likely N-dealkylation sites (tertiary alicyclic amines) is 1. The Morgan fingerprint density at radius 2 is 1.90 bits per heavy atom. The summed E-state index contributed by atoms with van der Waals surface area (Å²) >= 11 is 0. The van der Waals surface area contributed by atoms with Gasteiger partial charge in [0.1, 0.15) is 6.04 Å². The molecular weight excluding hydrogens is 260 g/mol. The molecule has 3 atom stereocenters. The van der Waals surface area contributed by atoms with E-state index in [2.05, 4.69) is 5.32 Å². The maximum Gasteiger partial charge on any atom is 0.326 e. The number of hydrogen-bond donors (Lipinski definition) is 3. The van der Waals surface area contributed by atoms with Crippen LogP contribution < -0.4 is 5.32 Å². The van der Waals surface area contributed by atoms with Gasteiger partial charge in [-0.25, -0.2) is 9.59 Å². The first-order chi connectivity index (χ1) is 9.63. The molecule has 1 aliphatic heterocycles. The van der Waals surface area contributed by atoms with Gasteiger partial charge in [0.05, 0.1) is 0 Å². The van der Waals surface area contributed by atoms with Crippen LogP contribution in [0, 0.1) is 5.92 Å². The first-order valence-corrected chi connectivity index (χ1v) is 7.54. The fourth-order valence-electron chi connectivity index (χ4n) is 3.50. The van der Waals surface area contributed by atoms with Gasteiger partial charge in [0.2, 0.25) is 0 Å². The van der Waals surface area contributed by atoms with E-state index in [1.807, 2.05) is 4.90 Å². The Morgan fingerprint density at radius 1 is 1.20 bits per heavy atom. The van der Waals surface area contributed by atoms with E-state index in [4.69, 9.17) is 10.2 Å². The average molecular weight is 284 g/mol. The van der Waals surface area contributed by atoms with E-state index in [9.17, 15) is 9.59 Å².